The fourth-order valence-corrected chi connectivity index (χ4v) is 11.3. The lowest BCUT2D eigenvalue weighted by atomic mass is 9.99. The average molecular weight is 1180 g/mol. The summed E-state index contributed by atoms with van der Waals surface area (Å²) in [6, 6.07) is -0.830. The Balaban J connectivity index is 2.09. The molecule has 1 saturated heterocycles. The number of carbonyl (C=O) groups excluding carboxylic acids is 1. The van der Waals surface area contributed by atoms with Crippen molar-refractivity contribution in [1.82, 2.24) is 5.32 Å². The van der Waals surface area contributed by atoms with Crippen LogP contribution in [0.15, 0.2) is 72.9 Å². The lowest BCUT2D eigenvalue weighted by Gasteiger charge is -2.40. The average Bonchev–Trinajstić information content (AvgIpc) is 3.70. The van der Waals surface area contributed by atoms with Crippen molar-refractivity contribution in [2.75, 3.05) is 13.2 Å². The Kier molecular flexibility index (Phi) is 60.3. The number of hydrogen-bond acceptors (Lipinski definition) is 8. The smallest absolute Gasteiger partial charge is 0.220 e. The van der Waals surface area contributed by atoms with E-state index in [1.807, 2.05) is 6.08 Å². The topological polar surface area (TPSA) is 149 Å². The van der Waals surface area contributed by atoms with Gasteiger partial charge in [-0.2, -0.15) is 0 Å². The molecule has 7 unspecified atom stereocenters. The Morgan fingerprint density at radius 1 is 0.405 bits per heavy atom. The van der Waals surface area contributed by atoms with Crippen LogP contribution in [-0.4, -0.2) is 87.5 Å². The summed E-state index contributed by atoms with van der Waals surface area (Å²) in [7, 11) is 0. The molecule has 1 rings (SSSR count). The Morgan fingerprint density at radius 3 is 1.08 bits per heavy atom. The van der Waals surface area contributed by atoms with Crippen molar-refractivity contribution in [2.24, 2.45) is 0 Å². The third-order valence-electron chi connectivity index (χ3n) is 17.0. The van der Waals surface area contributed by atoms with Gasteiger partial charge >= 0.3 is 0 Å². The predicted molar refractivity (Wildman–Crippen MR) is 359 cm³/mol. The standard InChI is InChI=1S/C75H137NO8/c1-3-5-7-9-11-13-15-17-19-21-23-25-27-28-29-30-31-32-33-34-35-36-37-38-39-40-41-42-43-45-47-49-51-53-55-57-59-61-63-65-71(79)76-68(67-83-75-74(82)73(81)72(80)70(66-77)84-75)69(78)64-62-60-58-56-54-52-50-48-46-44-26-24-22-20-18-16-14-12-10-8-6-4-2/h15,17,21,23,27-28,46,48,54,56,62,64,68-70,72-75,77-78,80-82H,3-14,16,18-20,22,24-26,29-45,47,49-53,55,57-61,63,65-67H2,1-2H3,(H,76,79)/b17-15-,23-21-,28-27-,48-46+,56-54+,64-62+. The van der Waals surface area contributed by atoms with Crippen LogP contribution in [0.4, 0.5) is 0 Å². The molecule has 490 valence electrons. The maximum absolute atomic E-state index is 13.1. The molecule has 0 aromatic heterocycles. The van der Waals surface area contributed by atoms with E-state index in [4.69, 9.17) is 9.47 Å². The highest BCUT2D eigenvalue weighted by molar-refractivity contribution is 5.76. The van der Waals surface area contributed by atoms with Gasteiger partial charge in [-0.15, -0.1) is 0 Å². The molecule has 1 aliphatic heterocycles. The largest absolute Gasteiger partial charge is 0.394 e. The van der Waals surface area contributed by atoms with Crippen molar-refractivity contribution in [1.29, 1.82) is 0 Å². The number of unbranched alkanes of at least 4 members (excludes halogenated alkanes) is 43. The number of ether oxygens (including phenoxy) is 2. The molecule has 0 bridgehead atoms. The van der Waals surface area contributed by atoms with E-state index < -0.39 is 49.5 Å². The fraction of sp³-hybridized carbons (Fsp3) is 0.827. The molecule has 9 heteroatoms. The van der Waals surface area contributed by atoms with Crippen LogP contribution in [-0.2, 0) is 14.3 Å². The molecule has 1 heterocycles. The number of rotatable bonds is 63. The first-order valence-corrected chi connectivity index (χ1v) is 36.2. The van der Waals surface area contributed by atoms with Gasteiger partial charge < -0.3 is 40.3 Å². The molecule has 7 atom stereocenters. The van der Waals surface area contributed by atoms with Gasteiger partial charge in [0.05, 0.1) is 25.4 Å². The van der Waals surface area contributed by atoms with Crippen molar-refractivity contribution in [2.45, 2.75) is 384 Å². The summed E-state index contributed by atoms with van der Waals surface area (Å²) in [5.41, 5.74) is 0. The third-order valence-corrected chi connectivity index (χ3v) is 17.0. The summed E-state index contributed by atoms with van der Waals surface area (Å²) in [5, 5.41) is 54.7. The lowest BCUT2D eigenvalue weighted by molar-refractivity contribution is -0.302. The lowest BCUT2D eigenvalue weighted by Crippen LogP contribution is -2.60. The highest BCUT2D eigenvalue weighted by Gasteiger charge is 2.44. The van der Waals surface area contributed by atoms with Crippen LogP contribution < -0.4 is 5.32 Å². The number of aliphatic hydroxyl groups is 5. The summed E-state index contributed by atoms with van der Waals surface area (Å²) in [6.45, 7) is 3.78. The van der Waals surface area contributed by atoms with E-state index in [1.54, 1.807) is 6.08 Å². The summed E-state index contributed by atoms with van der Waals surface area (Å²) < 4.78 is 11.3. The van der Waals surface area contributed by atoms with Crippen molar-refractivity contribution < 1.29 is 39.8 Å². The zero-order valence-electron chi connectivity index (χ0n) is 54.9. The normalized spacial score (nSPS) is 18.6. The second kappa shape index (κ2) is 63.6. The Morgan fingerprint density at radius 2 is 0.714 bits per heavy atom. The number of amides is 1. The Bertz CT molecular complexity index is 1560. The van der Waals surface area contributed by atoms with Crippen LogP contribution >= 0.6 is 0 Å². The number of nitrogens with one attached hydrogen (secondary N) is 1. The summed E-state index contributed by atoms with van der Waals surface area (Å²) in [5.74, 6) is -0.186. The minimum atomic E-state index is -1.58. The molecule has 0 aromatic carbocycles. The van der Waals surface area contributed by atoms with E-state index >= 15 is 0 Å². The molecule has 6 N–H and O–H groups in total. The van der Waals surface area contributed by atoms with E-state index in [-0.39, 0.29) is 12.5 Å². The van der Waals surface area contributed by atoms with Crippen LogP contribution in [0.3, 0.4) is 0 Å². The molecule has 0 saturated carbocycles. The van der Waals surface area contributed by atoms with Gasteiger partial charge in [-0.1, -0.05) is 324 Å². The molecule has 1 amide bonds. The Labute approximate surface area is 519 Å². The second-order valence-electron chi connectivity index (χ2n) is 25.0. The quantitative estimate of drug-likeness (QED) is 0.0261. The van der Waals surface area contributed by atoms with Gasteiger partial charge in [-0.25, -0.2) is 0 Å². The first kappa shape index (κ1) is 79.6. The van der Waals surface area contributed by atoms with Crippen molar-refractivity contribution >= 4 is 5.91 Å². The summed E-state index contributed by atoms with van der Waals surface area (Å²) in [4.78, 5) is 13.1. The number of aliphatic hydroxyl groups excluding tert-OH is 5. The molecule has 0 aromatic rings. The number of allylic oxidation sites excluding steroid dienone is 11. The molecule has 0 radical (unpaired) electrons. The second-order valence-corrected chi connectivity index (χ2v) is 25.0. The monoisotopic (exact) mass is 1180 g/mol. The first-order chi connectivity index (χ1) is 41.3. The van der Waals surface area contributed by atoms with Crippen LogP contribution in [0.2, 0.25) is 0 Å². The third kappa shape index (κ3) is 51.7. The molecule has 1 aliphatic rings. The van der Waals surface area contributed by atoms with Crippen LogP contribution in [0, 0.1) is 0 Å². The van der Waals surface area contributed by atoms with Crippen LogP contribution in [0.1, 0.15) is 341 Å². The van der Waals surface area contributed by atoms with Gasteiger partial charge in [0.1, 0.15) is 24.4 Å². The SMILES string of the molecule is CCCCCCC/C=C\C/C=C\C/C=C\CCCCCCCCCCCCCCCCCCCCCCCCCCC(=O)NC(COC1OC(CO)C(O)C(O)C1O)C(O)/C=C/CC/C=C/CC/C=C/CCCCCCCCCCCCCC. The van der Waals surface area contributed by atoms with Crippen molar-refractivity contribution in [3.63, 3.8) is 0 Å². The molecule has 0 spiro atoms. The molecule has 0 aliphatic carbocycles. The highest BCUT2D eigenvalue weighted by Crippen LogP contribution is 2.23. The van der Waals surface area contributed by atoms with E-state index in [2.05, 4.69) is 79.9 Å². The first-order valence-electron chi connectivity index (χ1n) is 36.2. The minimum absolute atomic E-state index is 0.186. The van der Waals surface area contributed by atoms with Crippen LogP contribution in [0.5, 0.6) is 0 Å². The van der Waals surface area contributed by atoms with Gasteiger partial charge in [-0.3, -0.25) is 4.79 Å². The van der Waals surface area contributed by atoms with E-state index in [0.717, 1.165) is 57.8 Å². The van der Waals surface area contributed by atoms with Gasteiger partial charge in [0, 0.05) is 6.42 Å². The van der Waals surface area contributed by atoms with Gasteiger partial charge in [0.15, 0.2) is 6.29 Å². The van der Waals surface area contributed by atoms with Crippen molar-refractivity contribution in [3.05, 3.63) is 72.9 Å². The summed E-state index contributed by atoms with van der Waals surface area (Å²) >= 11 is 0. The van der Waals surface area contributed by atoms with Gasteiger partial charge in [0.2, 0.25) is 5.91 Å². The molecule has 9 nitrogen and oxygen atoms in total. The minimum Gasteiger partial charge on any atom is -0.394 e. The predicted octanol–water partition coefficient (Wildman–Crippen LogP) is 19.9. The maximum atomic E-state index is 13.1. The fourth-order valence-electron chi connectivity index (χ4n) is 11.3. The van der Waals surface area contributed by atoms with Gasteiger partial charge in [0.25, 0.3) is 0 Å². The number of hydrogen-bond donors (Lipinski definition) is 6. The van der Waals surface area contributed by atoms with E-state index in [9.17, 15) is 30.3 Å². The van der Waals surface area contributed by atoms with Gasteiger partial charge in [-0.05, 0) is 83.5 Å². The van der Waals surface area contributed by atoms with E-state index in [1.165, 1.54) is 263 Å². The Hall–Kier alpha value is -2.37. The highest BCUT2D eigenvalue weighted by atomic mass is 16.7. The molecule has 1 fully saturated rings. The molecule has 84 heavy (non-hydrogen) atoms. The maximum Gasteiger partial charge on any atom is 0.220 e. The zero-order chi connectivity index (χ0) is 60.7. The zero-order valence-corrected chi connectivity index (χ0v) is 54.9. The molecular formula is C75H137NO8. The number of carbonyl (C=O) groups is 1. The summed E-state index contributed by atoms with van der Waals surface area (Å²) in [6.07, 6.45) is 83.1. The van der Waals surface area contributed by atoms with Crippen LogP contribution in [0.25, 0.3) is 0 Å². The molecular weight excluding hydrogens is 1040 g/mol. The van der Waals surface area contributed by atoms with Crippen molar-refractivity contribution in [3.8, 4) is 0 Å². The van der Waals surface area contributed by atoms with E-state index in [0.29, 0.717) is 6.42 Å².